The van der Waals surface area contributed by atoms with E-state index in [-0.39, 0.29) is 11.8 Å². The highest BCUT2D eigenvalue weighted by atomic mass is 35.5. The third-order valence-corrected chi connectivity index (χ3v) is 4.83. The molecule has 0 saturated heterocycles. The molecule has 0 radical (unpaired) electrons. The van der Waals surface area contributed by atoms with E-state index >= 15 is 0 Å². The van der Waals surface area contributed by atoms with E-state index in [4.69, 9.17) is 16.3 Å². The summed E-state index contributed by atoms with van der Waals surface area (Å²) in [5, 5.41) is 3.36. The van der Waals surface area contributed by atoms with Crippen molar-refractivity contribution in [3.63, 3.8) is 0 Å². The Kier molecular flexibility index (Phi) is 4.53. The van der Waals surface area contributed by atoms with Gasteiger partial charge in [-0.2, -0.15) is 0 Å². The van der Waals surface area contributed by atoms with Crippen molar-refractivity contribution in [3.8, 4) is 11.5 Å². The molecule has 6 heteroatoms. The van der Waals surface area contributed by atoms with Gasteiger partial charge in [-0.3, -0.25) is 9.59 Å². The Hall–Kier alpha value is -3.31. The predicted molar refractivity (Wildman–Crippen MR) is 110 cm³/mol. The molecule has 1 N–H and O–H groups in total. The van der Waals surface area contributed by atoms with Crippen LogP contribution in [-0.4, -0.2) is 18.9 Å². The SMILES string of the molecule is Cc1ccc2c(c1)N(C)C(=O)c1cc(NC(=O)c3ccc(Cl)cc3)ccc1O2. The quantitative estimate of drug-likeness (QED) is 0.645. The van der Waals surface area contributed by atoms with E-state index in [2.05, 4.69) is 5.32 Å². The van der Waals surface area contributed by atoms with Crippen molar-refractivity contribution in [3.05, 3.63) is 82.4 Å². The molecule has 3 aromatic carbocycles. The Labute approximate surface area is 167 Å². The Bertz CT molecular complexity index is 1090. The van der Waals surface area contributed by atoms with Crippen molar-refractivity contribution in [1.29, 1.82) is 0 Å². The van der Waals surface area contributed by atoms with Crippen LogP contribution in [0, 0.1) is 6.92 Å². The van der Waals surface area contributed by atoms with Gasteiger partial charge in [0.1, 0.15) is 5.75 Å². The number of nitrogens with one attached hydrogen (secondary N) is 1. The second-order valence-corrected chi connectivity index (χ2v) is 7.05. The molecule has 4 rings (SSSR count). The Balaban J connectivity index is 1.65. The van der Waals surface area contributed by atoms with Gasteiger partial charge in [0, 0.05) is 23.3 Å². The molecule has 0 aliphatic carbocycles. The molecular weight excluding hydrogens is 376 g/mol. The first-order valence-corrected chi connectivity index (χ1v) is 9.08. The van der Waals surface area contributed by atoms with Crippen molar-refractivity contribution in [2.24, 2.45) is 0 Å². The summed E-state index contributed by atoms with van der Waals surface area (Å²) in [4.78, 5) is 27.0. The number of carbonyl (C=O) groups excluding carboxylic acids is 2. The second-order valence-electron chi connectivity index (χ2n) is 6.61. The molecule has 1 heterocycles. The van der Waals surface area contributed by atoms with Gasteiger partial charge < -0.3 is 15.0 Å². The lowest BCUT2D eigenvalue weighted by atomic mass is 10.1. The van der Waals surface area contributed by atoms with E-state index in [1.165, 1.54) is 0 Å². The summed E-state index contributed by atoms with van der Waals surface area (Å²) < 4.78 is 5.97. The zero-order chi connectivity index (χ0) is 19.8. The lowest BCUT2D eigenvalue weighted by Gasteiger charge is -2.16. The maximum absolute atomic E-state index is 13.0. The van der Waals surface area contributed by atoms with Gasteiger partial charge in [0.2, 0.25) is 0 Å². The van der Waals surface area contributed by atoms with Crippen LogP contribution in [0.1, 0.15) is 26.3 Å². The van der Waals surface area contributed by atoms with Gasteiger partial charge >= 0.3 is 0 Å². The number of hydrogen-bond acceptors (Lipinski definition) is 3. The number of benzene rings is 3. The number of fused-ring (bicyclic) bond motifs is 2. The number of rotatable bonds is 2. The van der Waals surface area contributed by atoms with Crippen LogP contribution < -0.4 is 15.0 Å². The molecular formula is C22H17ClN2O3. The van der Waals surface area contributed by atoms with Crippen molar-refractivity contribution < 1.29 is 14.3 Å². The number of ether oxygens (including phenoxy) is 1. The standard InChI is InChI=1S/C22H17ClN2O3/c1-13-3-9-20-18(11-13)25(2)22(27)17-12-16(8-10-19(17)28-20)24-21(26)14-4-6-15(23)7-5-14/h3-12H,1-2H3,(H,24,26). The highest BCUT2D eigenvalue weighted by Crippen LogP contribution is 2.39. The zero-order valence-corrected chi connectivity index (χ0v) is 16.1. The average molecular weight is 393 g/mol. The molecule has 0 fully saturated rings. The van der Waals surface area contributed by atoms with Crippen LogP contribution in [0.25, 0.3) is 0 Å². The molecule has 140 valence electrons. The topological polar surface area (TPSA) is 58.6 Å². The van der Waals surface area contributed by atoms with Gasteiger partial charge in [-0.25, -0.2) is 0 Å². The third kappa shape index (κ3) is 3.32. The van der Waals surface area contributed by atoms with Crippen LogP contribution in [0.4, 0.5) is 11.4 Å². The van der Waals surface area contributed by atoms with E-state index < -0.39 is 0 Å². The van der Waals surface area contributed by atoms with Gasteiger partial charge in [0.25, 0.3) is 11.8 Å². The van der Waals surface area contributed by atoms with E-state index in [9.17, 15) is 9.59 Å². The first kappa shape index (κ1) is 18.1. The molecule has 0 saturated carbocycles. The first-order valence-electron chi connectivity index (χ1n) is 8.70. The van der Waals surface area contributed by atoms with E-state index in [1.54, 1.807) is 54.4 Å². The average Bonchev–Trinajstić information content (AvgIpc) is 2.78. The number of anilines is 2. The number of hydrogen-bond donors (Lipinski definition) is 1. The molecule has 1 aliphatic rings. The summed E-state index contributed by atoms with van der Waals surface area (Å²) in [7, 11) is 1.71. The minimum absolute atomic E-state index is 0.207. The minimum atomic E-state index is -0.286. The highest BCUT2D eigenvalue weighted by molar-refractivity contribution is 6.30. The maximum atomic E-state index is 13.0. The molecule has 0 unspecified atom stereocenters. The third-order valence-electron chi connectivity index (χ3n) is 4.57. The van der Waals surface area contributed by atoms with Crippen LogP contribution >= 0.6 is 11.6 Å². The summed E-state index contributed by atoms with van der Waals surface area (Å²) in [6.07, 6.45) is 0. The fraction of sp³-hybridized carbons (Fsp3) is 0.0909. The van der Waals surface area contributed by atoms with Gasteiger partial charge in [0.15, 0.2) is 5.75 Å². The second kappa shape index (κ2) is 7.02. The van der Waals surface area contributed by atoms with Crippen LogP contribution in [0.2, 0.25) is 5.02 Å². The Morgan fingerprint density at radius 3 is 2.46 bits per heavy atom. The number of amides is 2. The van der Waals surface area contributed by atoms with Gasteiger partial charge in [-0.15, -0.1) is 0 Å². The molecule has 28 heavy (non-hydrogen) atoms. The maximum Gasteiger partial charge on any atom is 0.261 e. The lowest BCUT2D eigenvalue weighted by molar-refractivity contribution is 0.0990. The molecule has 0 bridgehead atoms. The molecule has 3 aromatic rings. The number of halogens is 1. The van der Waals surface area contributed by atoms with E-state index in [0.717, 1.165) is 5.56 Å². The Morgan fingerprint density at radius 2 is 1.71 bits per heavy atom. The number of carbonyl (C=O) groups is 2. The fourth-order valence-corrected chi connectivity index (χ4v) is 3.18. The minimum Gasteiger partial charge on any atom is -0.454 e. The smallest absolute Gasteiger partial charge is 0.261 e. The summed E-state index contributed by atoms with van der Waals surface area (Å²) >= 11 is 5.86. The highest BCUT2D eigenvalue weighted by Gasteiger charge is 2.26. The van der Waals surface area contributed by atoms with Crippen LogP contribution in [0.15, 0.2) is 60.7 Å². The number of aryl methyl sites for hydroxylation is 1. The monoisotopic (exact) mass is 392 g/mol. The summed E-state index contributed by atoms with van der Waals surface area (Å²) in [5.74, 6) is 0.565. The van der Waals surface area contributed by atoms with Gasteiger partial charge in [0.05, 0.1) is 11.3 Å². The Morgan fingerprint density at radius 1 is 1.00 bits per heavy atom. The van der Waals surface area contributed by atoms with Gasteiger partial charge in [-0.1, -0.05) is 17.7 Å². The molecule has 0 atom stereocenters. The molecule has 5 nitrogen and oxygen atoms in total. The summed E-state index contributed by atoms with van der Waals surface area (Å²) in [5.41, 5.74) is 3.09. The number of nitrogens with zero attached hydrogens (tertiary/aromatic N) is 1. The van der Waals surface area contributed by atoms with Crippen molar-refractivity contribution in [1.82, 2.24) is 0 Å². The lowest BCUT2D eigenvalue weighted by Crippen LogP contribution is -2.25. The fourth-order valence-electron chi connectivity index (χ4n) is 3.05. The molecule has 0 aromatic heterocycles. The van der Waals surface area contributed by atoms with Gasteiger partial charge in [-0.05, 0) is 67.1 Å². The van der Waals surface area contributed by atoms with Crippen LogP contribution in [0.3, 0.4) is 0 Å². The zero-order valence-electron chi connectivity index (χ0n) is 15.3. The largest absolute Gasteiger partial charge is 0.454 e. The van der Waals surface area contributed by atoms with Crippen LogP contribution in [0.5, 0.6) is 11.5 Å². The summed E-state index contributed by atoms with van der Waals surface area (Å²) in [6, 6.07) is 17.3. The van der Waals surface area contributed by atoms with Crippen molar-refractivity contribution >= 4 is 34.8 Å². The summed E-state index contributed by atoms with van der Waals surface area (Å²) in [6.45, 7) is 1.96. The van der Waals surface area contributed by atoms with E-state index in [1.807, 2.05) is 25.1 Å². The molecule has 0 spiro atoms. The molecule has 2 amide bonds. The predicted octanol–water partition coefficient (Wildman–Crippen LogP) is 5.28. The normalized spacial score (nSPS) is 12.5. The van der Waals surface area contributed by atoms with Crippen molar-refractivity contribution in [2.45, 2.75) is 6.92 Å². The molecule has 1 aliphatic heterocycles. The van der Waals surface area contributed by atoms with E-state index in [0.29, 0.717) is 39.0 Å². The van der Waals surface area contributed by atoms with Crippen LogP contribution in [-0.2, 0) is 0 Å². The first-order chi connectivity index (χ1) is 13.4. The van der Waals surface area contributed by atoms with Crippen molar-refractivity contribution in [2.75, 3.05) is 17.3 Å².